The maximum Gasteiger partial charge on any atom is 0.415 e. The molecule has 0 aliphatic carbocycles. The summed E-state index contributed by atoms with van der Waals surface area (Å²) in [7, 11) is 2.13. The first-order valence-electron chi connectivity index (χ1n) is 9.70. The van der Waals surface area contributed by atoms with Crippen LogP contribution in [0.1, 0.15) is 30.0 Å². The molecule has 0 radical (unpaired) electrons. The fraction of sp³-hybridized carbons (Fsp3) is 0.409. The van der Waals surface area contributed by atoms with Gasteiger partial charge < -0.3 is 14.5 Å². The minimum Gasteiger partial charge on any atom is -0.410 e. The Kier molecular flexibility index (Phi) is 3.69. The first-order chi connectivity index (χ1) is 13.1. The Bertz CT molecular complexity index is 912. The molecule has 1 N–H and O–H groups in total. The summed E-state index contributed by atoms with van der Waals surface area (Å²) in [6.45, 7) is 4.63. The number of nitrogens with one attached hydrogen (secondary N) is 1. The van der Waals surface area contributed by atoms with Crippen LogP contribution >= 0.6 is 0 Å². The summed E-state index contributed by atoms with van der Waals surface area (Å²) < 4.78 is 5.77. The number of hydrogen-bond acceptors (Lipinski definition) is 4. The summed E-state index contributed by atoms with van der Waals surface area (Å²) in [4.78, 5) is 16.8. The molecule has 140 valence electrons. The molecular weight excluding hydrogens is 338 g/mol. The van der Waals surface area contributed by atoms with Crippen molar-refractivity contribution in [3.8, 4) is 5.75 Å². The maximum atomic E-state index is 12.7. The van der Waals surface area contributed by atoms with Crippen LogP contribution < -0.4 is 15.0 Å². The van der Waals surface area contributed by atoms with E-state index in [2.05, 4.69) is 54.5 Å². The lowest BCUT2D eigenvalue weighted by molar-refractivity contribution is 0.147. The third-order valence-corrected chi connectivity index (χ3v) is 6.53. The molecule has 27 heavy (non-hydrogen) atoms. The molecule has 3 aliphatic heterocycles. The highest BCUT2D eigenvalue weighted by Crippen LogP contribution is 2.49. The summed E-state index contributed by atoms with van der Waals surface area (Å²) in [6.07, 6.45) is 2.03. The molecule has 3 heterocycles. The summed E-state index contributed by atoms with van der Waals surface area (Å²) in [5.41, 5.74) is 5.10. The van der Waals surface area contributed by atoms with E-state index in [1.54, 1.807) is 4.90 Å². The number of nitrogens with zero attached hydrogens (tertiary/aromatic N) is 2. The number of rotatable bonds is 1. The van der Waals surface area contributed by atoms with Crippen LogP contribution in [0.4, 0.5) is 10.5 Å². The average molecular weight is 363 g/mol. The molecule has 3 aliphatic rings. The maximum absolute atomic E-state index is 12.7. The lowest BCUT2D eigenvalue weighted by Crippen LogP contribution is -2.44. The summed E-state index contributed by atoms with van der Waals surface area (Å²) in [5, 5.41) is 3.59. The highest BCUT2D eigenvalue weighted by Gasteiger charge is 2.49. The Morgan fingerprint density at radius 1 is 1.22 bits per heavy atom. The van der Waals surface area contributed by atoms with Crippen molar-refractivity contribution in [2.45, 2.75) is 37.9 Å². The van der Waals surface area contributed by atoms with Gasteiger partial charge in [0.1, 0.15) is 5.75 Å². The van der Waals surface area contributed by atoms with Crippen molar-refractivity contribution < 1.29 is 9.53 Å². The molecular formula is C22H25N3O2. The smallest absolute Gasteiger partial charge is 0.410 e. The number of fused-ring (bicyclic) bond motifs is 4. The highest BCUT2D eigenvalue weighted by molar-refractivity contribution is 5.73. The standard InChI is InChI=1S/C22H25N3O2/c1-22-10-11-23-20(22)24(2)19-8-7-17(13-18(19)22)27-21(26)25-12-9-15-5-3-4-6-16(15)14-25/h3-8,13,20,23H,9-12,14H2,1-2H3/t20-,22+/m1/s1. The van der Waals surface area contributed by atoms with Gasteiger partial charge in [-0.05, 0) is 54.3 Å². The van der Waals surface area contributed by atoms with E-state index in [1.165, 1.54) is 22.4 Å². The van der Waals surface area contributed by atoms with Gasteiger partial charge in [0.2, 0.25) is 0 Å². The second-order valence-corrected chi connectivity index (χ2v) is 8.12. The molecule has 0 saturated carbocycles. The van der Waals surface area contributed by atoms with Crippen molar-refractivity contribution in [1.29, 1.82) is 0 Å². The van der Waals surface area contributed by atoms with Crippen LogP contribution in [0.3, 0.4) is 0 Å². The van der Waals surface area contributed by atoms with Gasteiger partial charge in [0.15, 0.2) is 0 Å². The van der Waals surface area contributed by atoms with Crippen molar-refractivity contribution in [1.82, 2.24) is 10.2 Å². The summed E-state index contributed by atoms with van der Waals surface area (Å²) in [5.74, 6) is 0.639. The van der Waals surface area contributed by atoms with Crippen LogP contribution in [0.15, 0.2) is 42.5 Å². The molecule has 1 saturated heterocycles. The number of hydrogen-bond donors (Lipinski definition) is 1. The van der Waals surface area contributed by atoms with E-state index in [4.69, 9.17) is 4.74 Å². The van der Waals surface area contributed by atoms with Crippen LogP contribution in [0.5, 0.6) is 5.75 Å². The van der Waals surface area contributed by atoms with Gasteiger partial charge >= 0.3 is 6.09 Å². The van der Waals surface area contributed by atoms with Gasteiger partial charge in [-0.3, -0.25) is 5.32 Å². The van der Waals surface area contributed by atoms with Gasteiger partial charge in [-0.1, -0.05) is 31.2 Å². The topological polar surface area (TPSA) is 44.8 Å². The van der Waals surface area contributed by atoms with Crippen molar-refractivity contribution in [3.63, 3.8) is 0 Å². The molecule has 1 amide bonds. The third kappa shape index (κ3) is 2.52. The number of carbonyl (C=O) groups excluding carboxylic acids is 1. The Morgan fingerprint density at radius 3 is 2.89 bits per heavy atom. The molecule has 2 atom stereocenters. The van der Waals surface area contributed by atoms with Crippen LogP contribution in [-0.4, -0.2) is 37.3 Å². The van der Waals surface area contributed by atoms with Crippen LogP contribution in [-0.2, 0) is 18.4 Å². The van der Waals surface area contributed by atoms with Crippen LogP contribution in [0.25, 0.3) is 0 Å². The Labute approximate surface area is 159 Å². The number of likely N-dealkylation sites (N-methyl/N-ethyl adjacent to an activating group) is 1. The third-order valence-electron chi connectivity index (χ3n) is 6.53. The molecule has 5 nitrogen and oxygen atoms in total. The van der Waals surface area contributed by atoms with E-state index in [1.807, 2.05) is 12.1 Å². The fourth-order valence-electron chi connectivity index (χ4n) is 4.98. The number of ether oxygens (including phenoxy) is 1. The minimum atomic E-state index is -0.262. The van der Waals surface area contributed by atoms with E-state index in [9.17, 15) is 4.79 Å². The molecule has 5 rings (SSSR count). The molecule has 0 aromatic heterocycles. The average Bonchev–Trinajstić information content (AvgIpc) is 3.17. The van der Waals surface area contributed by atoms with Gasteiger partial charge in [-0.2, -0.15) is 0 Å². The van der Waals surface area contributed by atoms with Gasteiger partial charge in [0.05, 0.1) is 6.17 Å². The van der Waals surface area contributed by atoms with Crippen molar-refractivity contribution in [2.24, 2.45) is 0 Å². The molecule has 5 heteroatoms. The Hall–Kier alpha value is -2.53. The summed E-state index contributed by atoms with van der Waals surface area (Å²) >= 11 is 0. The number of anilines is 1. The SMILES string of the molecule is CN1c2ccc(OC(=O)N3CCc4ccccc4C3)cc2[C@]2(C)CCN[C@H]12. The van der Waals surface area contributed by atoms with Gasteiger partial charge in [0, 0.05) is 31.2 Å². The highest BCUT2D eigenvalue weighted by atomic mass is 16.6. The molecule has 0 spiro atoms. The number of carbonyl (C=O) groups is 1. The van der Waals surface area contributed by atoms with Crippen LogP contribution in [0, 0.1) is 0 Å². The first kappa shape index (κ1) is 16.6. The predicted molar refractivity (Wildman–Crippen MR) is 105 cm³/mol. The zero-order valence-electron chi connectivity index (χ0n) is 15.9. The number of amides is 1. The molecule has 2 aromatic rings. The molecule has 0 unspecified atom stereocenters. The second kappa shape index (κ2) is 5.99. The van der Waals surface area contributed by atoms with E-state index in [0.29, 0.717) is 25.0 Å². The van der Waals surface area contributed by atoms with E-state index in [-0.39, 0.29) is 11.5 Å². The molecule has 2 aromatic carbocycles. The monoisotopic (exact) mass is 363 g/mol. The lowest BCUT2D eigenvalue weighted by atomic mass is 9.81. The second-order valence-electron chi connectivity index (χ2n) is 8.12. The first-order valence-corrected chi connectivity index (χ1v) is 9.70. The van der Waals surface area contributed by atoms with E-state index in [0.717, 1.165) is 19.4 Å². The quantitative estimate of drug-likeness (QED) is 0.845. The van der Waals surface area contributed by atoms with Gasteiger partial charge in [-0.15, -0.1) is 0 Å². The van der Waals surface area contributed by atoms with Crippen molar-refractivity contribution >= 4 is 11.8 Å². The largest absolute Gasteiger partial charge is 0.415 e. The number of benzene rings is 2. The molecule has 1 fully saturated rings. The van der Waals surface area contributed by atoms with Crippen molar-refractivity contribution in [2.75, 3.05) is 25.0 Å². The Balaban J connectivity index is 1.36. The fourth-order valence-corrected chi connectivity index (χ4v) is 4.98. The van der Waals surface area contributed by atoms with Crippen molar-refractivity contribution in [3.05, 3.63) is 59.2 Å². The predicted octanol–water partition coefficient (Wildman–Crippen LogP) is 3.27. The van der Waals surface area contributed by atoms with Crippen LogP contribution in [0.2, 0.25) is 0 Å². The zero-order chi connectivity index (χ0) is 18.6. The summed E-state index contributed by atoms with van der Waals surface area (Å²) in [6, 6.07) is 14.4. The van der Waals surface area contributed by atoms with Gasteiger partial charge in [0.25, 0.3) is 0 Å². The van der Waals surface area contributed by atoms with Gasteiger partial charge in [-0.25, -0.2) is 4.79 Å². The zero-order valence-corrected chi connectivity index (χ0v) is 15.9. The minimum absolute atomic E-state index is 0.0660. The lowest BCUT2D eigenvalue weighted by Gasteiger charge is -2.28. The Morgan fingerprint density at radius 2 is 2.04 bits per heavy atom. The van der Waals surface area contributed by atoms with E-state index < -0.39 is 0 Å². The molecule has 0 bridgehead atoms. The normalized spacial score (nSPS) is 25.8. The van der Waals surface area contributed by atoms with E-state index >= 15 is 0 Å².